The van der Waals surface area contributed by atoms with Gasteiger partial charge in [-0.1, -0.05) is 13.3 Å². The van der Waals surface area contributed by atoms with Gasteiger partial charge in [0.15, 0.2) is 0 Å². The molecule has 1 heterocycles. The second-order valence-corrected chi connectivity index (χ2v) is 6.88. The van der Waals surface area contributed by atoms with Crippen molar-refractivity contribution in [2.45, 2.75) is 31.6 Å². The Hall–Kier alpha value is -2.15. The number of aromatic nitrogens is 1. The SMILES string of the molecule is CCCCNc1ccc(NS(=O)(=O)c2ccc(F)cc2C)cn1. The Morgan fingerprint density at radius 3 is 2.61 bits per heavy atom. The number of benzene rings is 1. The summed E-state index contributed by atoms with van der Waals surface area (Å²) in [5.41, 5.74) is 0.707. The van der Waals surface area contributed by atoms with Gasteiger partial charge in [0.2, 0.25) is 0 Å². The summed E-state index contributed by atoms with van der Waals surface area (Å²) in [6.45, 7) is 4.48. The fourth-order valence-corrected chi connectivity index (χ4v) is 3.35. The highest BCUT2D eigenvalue weighted by Gasteiger charge is 2.17. The van der Waals surface area contributed by atoms with Gasteiger partial charge in [-0.2, -0.15) is 0 Å². The molecule has 0 radical (unpaired) electrons. The molecular formula is C16H20FN3O2S. The van der Waals surface area contributed by atoms with Gasteiger partial charge in [0.1, 0.15) is 11.6 Å². The van der Waals surface area contributed by atoms with E-state index in [1.807, 2.05) is 0 Å². The van der Waals surface area contributed by atoms with Crippen LogP contribution in [0.4, 0.5) is 15.9 Å². The monoisotopic (exact) mass is 337 g/mol. The molecule has 23 heavy (non-hydrogen) atoms. The minimum absolute atomic E-state index is 0.0454. The Kier molecular flexibility index (Phi) is 5.54. The van der Waals surface area contributed by atoms with Gasteiger partial charge < -0.3 is 5.32 Å². The molecule has 124 valence electrons. The molecule has 1 aromatic carbocycles. The van der Waals surface area contributed by atoms with Crippen molar-refractivity contribution < 1.29 is 12.8 Å². The minimum Gasteiger partial charge on any atom is -0.370 e. The molecule has 0 unspecified atom stereocenters. The highest BCUT2D eigenvalue weighted by Crippen LogP contribution is 2.20. The van der Waals surface area contributed by atoms with Gasteiger partial charge in [0.05, 0.1) is 16.8 Å². The van der Waals surface area contributed by atoms with Crippen molar-refractivity contribution >= 4 is 21.5 Å². The predicted molar refractivity (Wildman–Crippen MR) is 89.6 cm³/mol. The third-order valence-corrected chi connectivity index (χ3v) is 4.82. The first-order valence-electron chi connectivity index (χ1n) is 7.41. The molecule has 0 saturated heterocycles. The number of rotatable bonds is 7. The van der Waals surface area contributed by atoms with Crippen LogP contribution < -0.4 is 10.0 Å². The third kappa shape index (κ3) is 4.66. The van der Waals surface area contributed by atoms with Crippen molar-refractivity contribution in [2.24, 2.45) is 0 Å². The van der Waals surface area contributed by atoms with Crippen LogP contribution in [-0.2, 0) is 10.0 Å². The normalized spacial score (nSPS) is 11.3. The number of pyridine rings is 1. The van der Waals surface area contributed by atoms with Gasteiger partial charge in [0.25, 0.3) is 10.0 Å². The van der Waals surface area contributed by atoms with Crippen molar-refractivity contribution in [3.63, 3.8) is 0 Å². The molecule has 0 aliphatic heterocycles. The van der Waals surface area contributed by atoms with Gasteiger partial charge >= 0.3 is 0 Å². The van der Waals surface area contributed by atoms with E-state index in [0.29, 0.717) is 17.1 Å². The summed E-state index contributed by atoms with van der Waals surface area (Å²) in [5.74, 6) is 0.227. The van der Waals surface area contributed by atoms with Crippen LogP contribution in [0.3, 0.4) is 0 Å². The fourth-order valence-electron chi connectivity index (χ4n) is 2.08. The lowest BCUT2D eigenvalue weighted by Gasteiger charge is -2.11. The first-order chi connectivity index (χ1) is 10.9. The largest absolute Gasteiger partial charge is 0.370 e. The van der Waals surface area contributed by atoms with E-state index < -0.39 is 15.8 Å². The van der Waals surface area contributed by atoms with Crippen molar-refractivity contribution in [1.82, 2.24) is 4.98 Å². The maximum atomic E-state index is 13.1. The van der Waals surface area contributed by atoms with E-state index in [0.717, 1.165) is 25.5 Å². The number of hydrogen-bond acceptors (Lipinski definition) is 4. The van der Waals surface area contributed by atoms with Crippen LogP contribution >= 0.6 is 0 Å². The second-order valence-electron chi connectivity index (χ2n) is 5.23. The smallest absolute Gasteiger partial charge is 0.262 e. The summed E-state index contributed by atoms with van der Waals surface area (Å²) in [4.78, 5) is 4.21. The number of nitrogens with zero attached hydrogens (tertiary/aromatic N) is 1. The van der Waals surface area contributed by atoms with Gasteiger partial charge in [-0.05, 0) is 49.2 Å². The number of hydrogen-bond donors (Lipinski definition) is 2. The maximum Gasteiger partial charge on any atom is 0.262 e. The summed E-state index contributed by atoms with van der Waals surface area (Å²) in [6, 6.07) is 6.91. The lowest BCUT2D eigenvalue weighted by molar-refractivity contribution is 0.598. The first kappa shape index (κ1) is 17.2. The average Bonchev–Trinajstić information content (AvgIpc) is 2.48. The Labute approximate surface area is 136 Å². The molecule has 2 rings (SSSR count). The Bertz CT molecular complexity index is 761. The van der Waals surface area contributed by atoms with E-state index in [9.17, 15) is 12.8 Å². The van der Waals surface area contributed by atoms with E-state index in [1.165, 1.54) is 18.3 Å². The quantitative estimate of drug-likeness (QED) is 0.758. The molecule has 0 aliphatic carbocycles. The van der Waals surface area contributed by atoms with Crippen LogP contribution in [0, 0.1) is 12.7 Å². The molecule has 0 saturated carbocycles. The van der Waals surface area contributed by atoms with Gasteiger partial charge in [0, 0.05) is 6.54 Å². The Morgan fingerprint density at radius 1 is 1.22 bits per heavy atom. The number of anilines is 2. The van der Waals surface area contributed by atoms with Gasteiger partial charge in [-0.15, -0.1) is 0 Å². The standard InChI is InChI=1S/C16H20FN3O2S/c1-3-4-9-18-16-8-6-14(11-19-16)20-23(21,22)15-7-5-13(17)10-12(15)2/h5-8,10-11,20H,3-4,9H2,1-2H3,(H,18,19). The fraction of sp³-hybridized carbons (Fsp3) is 0.312. The summed E-state index contributed by atoms with van der Waals surface area (Å²) in [6.07, 6.45) is 3.58. The van der Waals surface area contributed by atoms with E-state index in [2.05, 4.69) is 21.9 Å². The molecular weight excluding hydrogens is 317 g/mol. The molecule has 0 bridgehead atoms. The zero-order valence-electron chi connectivity index (χ0n) is 13.1. The van der Waals surface area contributed by atoms with Gasteiger partial charge in [-0.25, -0.2) is 17.8 Å². The first-order valence-corrected chi connectivity index (χ1v) is 8.89. The van der Waals surface area contributed by atoms with Crippen molar-refractivity contribution in [2.75, 3.05) is 16.6 Å². The zero-order valence-corrected chi connectivity index (χ0v) is 14.0. The van der Waals surface area contributed by atoms with Crippen molar-refractivity contribution in [3.8, 4) is 0 Å². The van der Waals surface area contributed by atoms with Crippen LogP contribution in [0.5, 0.6) is 0 Å². The zero-order chi connectivity index (χ0) is 16.9. The number of halogens is 1. The Morgan fingerprint density at radius 2 is 2.00 bits per heavy atom. The number of nitrogens with one attached hydrogen (secondary N) is 2. The highest BCUT2D eigenvalue weighted by atomic mass is 32.2. The molecule has 0 aliphatic rings. The second kappa shape index (κ2) is 7.41. The molecule has 2 aromatic rings. The molecule has 2 N–H and O–H groups in total. The van der Waals surface area contributed by atoms with Crippen molar-refractivity contribution in [1.29, 1.82) is 0 Å². The summed E-state index contributed by atoms with van der Waals surface area (Å²) in [7, 11) is -3.77. The van der Waals surface area contributed by atoms with E-state index in [-0.39, 0.29) is 4.90 Å². The highest BCUT2D eigenvalue weighted by molar-refractivity contribution is 7.92. The van der Waals surface area contributed by atoms with Crippen LogP contribution in [0.25, 0.3) is 0 Å². The van der Waals surface area contributed by atoms with Gasteiger partial charge in [-0.3, -0.25) is 4.72 Å². The molecule has 0 amide bonds. The van der Waals surface area contributed by atoms with Crippen LogP contribution in [0.15, 0.2) is 41.4 Å². The molecule has 0 atom stereocenters. The van der Waals surface area contributed by atoms with Crippen molar-refractivity contribution in [3.05, 3.63) is 47.9 Å². The number of aryl methyl sites for hydroxylation is 1. The molecule has 1 aromatic heterocycles. The predicted octanol–water partition coefficient (Wildman–Crippen LogP) is 3.54. The number of sulfonamides is 1. The molecule has 0 fully saturated rings. The lowest BCUT2D eigenvalue weighted by Crippen LogP contribution is -2.14. The molecule has 0 spiro atoms. The minimum atomic E-state index is -3.77. The van der Waals surface area contributed by atoms with Crippen LogP contribution in [0.2, 0.25) is 0 Å². The maximum absolute atomic E-state index is 13.1. The van der Waals surface area contributed by atoms with Crippen LogP contribution in [0.1, 0.15) is 25.3 Å². The Balaban J connectivity index is 2.11. The lowest BCUT2D eigenvalue weighted by atomic mass is 10.2. The average molecular weight is 337 g/mol. The molecule has 5 nitrogen and oxygen atoms in total. The van der Waals surface area contributed by atoms with E-state index >= 15 is 0 Å². The number of unbranched alkanes of at least 4 members (excludes halogenated alkanes) is 1. The summed E-state index contributed by atoms with van der Waals surface area (Å²) in [5, 5.41) is 3.15. The topological polar surface area (TPSA) is 71.1 Å². The summed E-state index contributed by atoms with van der Waals surface area (Å²) < 4.78 is 40.3. The third-order valence-electron chi connectivity index (χ3n) is 3.28. The molecule has 7 heteroatoms. The summed E-state index contributed by atoms with van der Waals surface area (Å²) >= 11 is 0. The van der Waals surface area contributed by atoms with E-state index in [1.54, 1.807) is 19.1 Å². The van der Waals surface area contributed by atoms with Crippen LogP contribution in [-0.4, -0.2) is 19.9 Å². The van der Waals surface area contributed by atoms with E-state index in [4.69, 9.17) is 0 Å².